The van der Waals surface area contributed by atoms with E-state index < -0.39 is 66.2 Å². The van der Waals surface area contributed by atoms with Crippen molar-refractivity contribution in [2.24, 2.45) is 0 Å². The number of rotatable bonds is 40. The number of unbranched alkanes of at least 4 members (excludes halogenated alkanes) is 4. The maximum Gasteiger partial charge on any atom is 0.472 e. The van der Waals surface area contributed by atoms with E-state index in [1.54, 1.807) is 0 Å². The van der Waals surface area contributed by atoms with E-state index in [4.69, 9.17) is 23.8 Å². The molecule has 0 aromatic rings. The summed E-state index contributed by atoms with van der Waals surface area (Å²) in [6, 6.07) is 0. The molecule has 0 amide bonds. The number of esters is 2. The quantitative estimate of drug-likeness (QED) is 0.0196. The molecule has 0 radical (unpaired) electrons. The largest absolute Gasteiger partial charge is 0.472 e. The van der Waals surface area contributed by atoms with Crippen LogP contribution in [-0.4, -0.2) is 70.4 Å². The van der Waals surface area contributed by atoms with Crippen LogP contribution in [0.25, 0.3) is 0 Å². The minimum atomic E-state index is -4.88. The molecule has 1 unspecified atom stereocenters. The smallest absolute Gasteiger partial charge is 0.462 e. The van der Waals surface area contributed by atoms with E-state index in [9.17, 15) is 28.7 Å². The topological polar surface area (TPSA) is 195 Å². The molecule has 0 heterocycles. The Morgan fingerprint density at radius 3 is 1.35 bits per heavy atom. The molecule has 0 aliphatic rings. The maximum atomic E-state index is 12.6. The standard InChI is InChI=1S/C48H76O13P2/c1-3-5-7-9-11-13-15-17-19-21-22-24-25-27-29-31-33-35-37-39-47(50)57-43-46(44-60-63(55,56)59-42-45(49)41-58-62(52,53)54)61-48(51)40-38-36-34-32-30-28-26-23-20-18-16-14-12-10-8-6-4-2/h5,7,11-14,17-20,22,24,26-29,32-35,45-46,49H,3-4,6,8-10,15-16,21,23,25,30-31,36-44H2,1-2H3,(H,55,56)(H2,52,53,54)/b7-5-,13-11-,14-12-,19-17-,20-18-,24-22-,28-26-,29-27-,34-32-,35-33-/t45-,46+/m0/s1. The lowest BCUT2D eigenvalue weighted by Crippen LogP contribution is -2.29. The summed E-state index contributed by atoms with van der Waals surface area (Å²) in [7, 11) is -9.73. The fourth-order valence-electron chi connectivity index (χ4n) is 5.01. The van der Waals surface area contributed by atoms with Crippen molar-refractivity contribution in [1.82, 2.24) is 0 Å². The van der Waals surface area contributed by atoms with Gasteiger partial charge in [0.15, 0.2) is 6.10 Å². The summed E-state index contributed by atoms with van der Waals surface area (Å²) in [6.45, 7) is 1.45. The van der Waals surface area contributed by atoms with Crippen LogP contribution in [0.2, 0.25) is 0 Å². The Labute approximate surface area is 377 Å². The molecule has 0 aliphatic carbocycles. The molecule has 13 nitrogen and oxygen atoms in total. The number of allylic oxidation sites excluding steroid dienone is 20. The summed E-state index contributed by atoms with van der Waals surface area (Å²) in [5, 5.41) is 9.75. The zero-order valence-corrected chi connectivity index (χ0v) is 39.4. The number of hydrogen-bond acceptors (Lipinski definition) is 10. The number of aliphatic hydroxyl groups is 1. The molecule has 0 spiro atoms. The second-order valence-corrected chi connectivity index (χ2v) is 16.9. The third-order valence-electron chi connectivity index (χ3n) is 8.34. The lowest BCUT2D eigenvalue weighted by atomic mass is 10.2. The van der Waals surface area contributed by atoms with Gasteiger partial charge in [-0.2, -0.15) is 0 Å². The van der Waals surface area contributed by atoms with E-state index >= 15 is 0 Å². The lowest BCUT2D eigenvalue weighted by Gasteiger charge is -2.20. The number of phosphoric acid groups is 2. The fraction of sp³-hybridized carbons (Fsp3) is 0.542. The highest BCUT2D eigenvalue weighted by Gasteiger charge is 2.28. The molecule has 15 heteroatoms. The van der Waals surface area contributed by atoms with Gasteiger partial charge in [-0.3, -0.25) is 23.2 Å². The van der Waals surface area contributed by atoms with Gasteiger partial charge in [0.05, 0.1) is 19.8 Å². The van der Waals surface area contributed by atoms with Crippen molar-refractivity contribution in [3.8, 4) is 0 Å². The van der Waals surface area contributed by atoms with Crippen LogP contribution in [0.3, 0.4) is 0 Å². The summed E-state index contributed by atoms with van der Waals surface area (Å²) in [5.74, 6) is -1.21. The maximum absolute atomic E-state index is 12.6. The van der Waals surface area contributed by atoms with Crippen LogP contribution in [-0.2, 0) is 41.8 Å². The van der Waals surface area contributed by atoms with E-state index in [0.717, 1.165) is 57.8 Å². The molecule has 0 aliphatic heterocycles. The molecule has 0 saturated carbocycles. The van der Waals surface area contributed by atoms with Crippen molar-refractivity contribution in [3.63, 3.8) is 0 Å². The third kappa shape index (κ3) is 46.3. The fourth-order valence-corrected chi connectivity index (χ4v) is 6.17. The van der Waals surface area contributed by atoms with E-state index in [-0.39, 0.29) is 12.8 Å². The Bertz CT molecular complexity index is 1570. The minimum Gasteiger partial charge on any atom is -0.462 e. The van der Waals surface area contributed by atoms with Crippen molar-refractivity contribution in [2.45, 2.75) is 142 Å². The summed E-state index contributed by atoms with van der Waals surface area (Å²) >= 11 is 0. The predicted octanol–water partition coefficient (Wildman–Crippen LogP) is 11.7. The van der Waals surface area contributed by atoms with Gasteiger partial charge in [0.25, 0.3) is 0 Å². The summed E-state index contributed by atoms with van der Waals surface area (Å²) in [5.41, 5.74) is 0. The average molecular weight is 923 g/mol. The zero-order chi connectivity index (χ0) is 46.5. The molecule has 0 saturated heterocycles. The number of hydrogen-bond donors (Lipinski definition) is 4. The molecular weight excluding hydrogens is 846 g/mol. The van der Waals surface area contributed by atoms with Crippen LogP contribution in [0.4, 0.5) is 0 Å². The molecule has 0 rings (SSSR count). The highest BCUT2D eigenvalue weighted by atomic mass is 31.2. The van der Waals surface area contributed by atoms with Gasteiger partial charge < -0.3 is 29.3 Å². The summed E-state index contributed by atoms with van der Waals surface area (Å²) < 4.78 is 47.6. The summed E-state index contributed by atoms with van der Waals surface area (Å²) in [4.78, 5) is 52.7. The van der Waals surface area contributed by atoms with Crippen molar-refractivity contribution in [2.75, 3.05) is 26.4 Å². The van der Waals surface area contributed by atoms with Gasteiger partial charge in [-0.25, -0.2) is 9.13 Å². The number of carbonyl (C=O) groups excluding carboxylic acids is 2. The van der Waals surface area contributed by atoms with Crippen molar-refractivity contribution >= 4 is 27.6 Å². The Balaban J connectivity index is 4.74. The molecule has 63 heavy (non-hydrogen) atoms. The van der Waals surface area contributed by atoms with Gasteiger partial charge in [0, 0.05) is 12.8 Å². The first-order chi connectivity index (χ1) is 30.4. The van der Waals surface area contributed by atoms with Gasteiger partial charge in [0.2, 0.25) is 0 Å². The first-order valence-corrected chi connectivity index (χ1v) is 25.3. The predicted molar refractivity (Wildman–Crippen MR) is 252 cm³/mol. The van der Waals surface area contributed by atoms with Gasteiger partial charge in [-0.15, -0.1) is 0 Å². The molecule has 0 bridgehead atoms. The van der Waals surface area contributed by atoms with Crippen LogP contribution in [0.15, 0.2) is 122 Å². The Morgan fingerprint density at radius 1 is 0.476 bits per heavy atom. The Hall–Kier alpha value is -3.48. The molecule has 0 fully saturated rings. The van der Waals surface area contributed by atoms with E-state index in [2.05, 4.69) is 114 Å². The van der Waals surface area contributed by atoms with E-state index in [0.29, 0.717) is 25.7 Å². The number of aliphatic hydroxyl groups excluding tert-OH is 1. The molecule has 4 N–H and O–H groups in total. The average Bonchev–Trinajstić information content (AvgIpc) is 3.24. The van der Waals surface area contributed by atoms with E-state index in [1.165, 1.54) is 19.3 Å². The first kappa shape index (κ1) is 59.5. The first-order valence-electron chi connectivity index (χ1n) is 22.2. The molecule has 0 aromatic carbocycles. The number of ether oxygens (including phenoxy) is 2. The van der Waals surface area contributed by atoms with Crippen LogP contribution in [0, 0.1) is 0 Å². The number of phosphoric ester groups is 2. The van der Waals surface area contributed by atoms with Crippen LogP contribution in [0.1, 0.15) is 129 Å². The highest BCUT2D eigenvalue weighted by Crippen LogP contribution is 2.43. The van der Waals surface area contributed by atoms with Gasteiger partial charge >= 0.3 is 27.6 Å². The van der Waals surface area contributed by atoms with E-state index in [1.807, 2.05) is 30.4 Å². The Kier molecular flexibility index (Phi) is 40.1. The van der Waals surface area contributed by atoms with Crippen LogP contribution in [0.5, 0.6) is 0 Å². The second kappa shape index (κ2) is 42.5. The number of carbonyl (C=O) groups is 2. The molecular formula is C48H76O13P2. The zero-order valence-electron chi connectivity index (χ0n) is 37.6. The normalized spacial score (nSPS) is 15.1. The van der Waals surface area contributed by atoms with Crippen LogP contribution >= 0.6 is 15.6 Å². The third-order valence-corrected chi connectivity index (χ3v) is 9.77. The lowest BCUT2D eigenvalue weighted by molar-refractivity contribution is -0.161. The van der Waals surface area contributed by atoms with Crippen molar-refractivity contribution in [3.05, 3.63) is 122 Å². The minimum absolute atomic E-state index is 0.0319. The van der Waals surface area contributed by atoms with Crippen molar-refractivity contribution in [1.29, 1.82) is 0 Å². The second-order valence-electron chi connectivity index (χ2n) is 14.2. The van der Waals surface area contributed by atoms with Gasteiger partial charge in [-0.05, 0) is 89.9 Å². The Morgan fingerprint density at radius 2 is 0.889 bits per heavy atom. The molecule has 3 atom stereocenters. The molecule has 356 valence electrons. The van der Waals surface area contributed by atoms with Gasteiger partial charge in [-0.1, -0.05) is 148 Å². The van der Waals surface area contributed by atoms with Crippen LogP contribution < -0.4 is 0 Å². The highest BCUT2D eigenvalue weighted by molar-refractivity contribution is 7.47. The van der Waals surface area contributed by atoms with Gasteiger partial charge in [0.1, 0.15) is 12.7 Å². The summed E-state index contributed by atoms with van der Waals surface area (Å²) in [6.07, 6.45) is 53.5. The SMILES string of the molecule is CC/C=C\C/C=C\C/C=C\C/C=C\C/C=C\C/C=C\CCC(=O)OC[C@H](COP(=O)(O)OC[C@@H](O)COP(=O)(O)O)OC(=O)CCC/C=C\C/C=C\C/C=C\C/C=C\CCCCC. The molecule has 0 aromatic heterocycles. The monoisotopic (exact) mass is 922 g/mol. The van der Waals surface area contributed by atoms with Crippen molar-refractivity contribution < 1.29 is 61.6 Å².